The molecule has 0 aliphatic rings. The van der Waals surface area contributed by atoms with Crippen LogP contribution in [-0.4, -0.2) is 37.6 Å². The van der Waals surface area contributed by atoms with Crippen LogP contribution in [0.25, 0.3) is 0 Å². The third kappa shape index (κ3) is 7.95. The van der Waals surface area contributed by atoms with Gasteiger partial charge in [-0.2, -0.15) is 0 Å². The second-order valence-corrected chi connectivity index (χ2v) is 16.9. The summed E-state index contributed by atoms with van der Waals surface area (Å²) in [5.41, 5.74) is 2.06. The van der Waals surface area contributed by atoms with Gasteiger partial charge in [0.15, 0.2) is 8.32 Å². The van der Waals surface area contributed by atoms with Crippen LogP contribution in [-0.2, 0) is 10.8 Å². The Kier molecular flexibility index (Phi) is 9.46. The molecule has 196 valence electrons. The molecule has 0 radical (unpaired) electrons. The molecule has 2 unspecified atom stereocenters. The zero-order valence-corrected chi connectivity index (χ0v) is 24.4. The minimum absolute atomic E-state index is 0.0566. The summed E-state index contributed by atoms with van der Waals surface area (Å²) < 4.78 is 12.8. The molecule has 0 saturated carbocycles. The van der Waals surface area contributed by atoms with E-state index in [4.69, 9.17) is 20.8 Å². The molecule has 0 aliphatic carbocycles. The van der Waals surface area contributed by atoms with Crippen molar-refractivity contribution in [1.82, 2.24) is 10.3 Å². The number of hydrogen-bond donors (Lipinski definition) is 3. The number of H-pyrrole nitrogens is 1. The maximum atomic E-state index is 11.4. The molecule has 3 rings (SSSR count). The standard InChI is InChI=1S/C27H37ClN2O4SSi/c1-18(17-33-22-12-10-19(11-13-22)14-24-25(31)30-26(32)35-24)29-16-23(20-8-7-9-21(28)15-20)34-36(5,6)27(2,3)4/h7-13,15,18,23,29,31H,14,16-17H2,1-6H3,(H,30,32). The number of hydrogen-bond acceptors (Lipinski definition) is 6. The van der Waals surface area contributed by atoms with Gasteiger partial charge in [-0.1, -0.05) is 68.0 Å². The molecule has 3 aromatic rings. The van der Waals surface area contributed by atoms with E-state index in [1.165, 1.54) is 0 Å². The van der Waals surface area contributed by atoms with Crippen molar-refractivity contribution in [2.45, 2.75) is 64.4 Å². The van der Waals surface area contributed by atoms with Crippen LogP contribution in [0.3, 0.4) is 0 Å². The number of aromatic nitrogens is 1. The lowest BCUT2D eigenvalue weighted by Crippen LogP contribution is -2.44. The normalized spacial score (nSPS) is 14.0. The molecule has 0 fully saturated rings. The summed E-state index contributed by atoms with van der Waals surface area (Å²) in [6.07, 6.45) is 0.388. The number of aromatic amines is 1. The number of nitrogens with one attached hydrogen (secondary N) is 2. The molecule has 0 saturated heterocycles. The summed E-state index contributed by atoms with van der Waals surface area (Å²) >= 11 is 7.31. The lowest BCUT2D eigenvalue weighted by molar-refractivity contribution is 0.169. The third-order valence-electron chi connectivity index (χ3n) is 6.60. The molecule has 1 aromatic heterocycles. The number of halogens is 1. The Hall–Kier alpha value is -2.10. The van der Waals surface area contributed by atoms with Gasteiger partial charge in [-0.3, -0.25) is 9.78 Å². The monoisotopic (exact) mass is 548 g/mol. The van der Waals surface area contributed by atoms with Crippen LogP contribution in [0.1, 0.15) is 49.8 Å². The first-order valence-electron chi connectivity index (χ1n) is 12.1. The average molecular weight is 549 g/mol. The average Bonchev–Trinajstić information content (AvgIpc) is 3.11. The van der Waals surface area contributed by atoms with Crippen molar-refractivity contribution < 1.29 is 14.3 Å². The van der Waals surface area contributed by atoms with E-state index in [0.29, 0.717) is 29.5 Å². The molecular weight excluding hydrogens is 512 g/mol. The topological polar surface area (TPSA) is 83.6 Å². The van der Waals surface area contributed by atoms with Gasteiger partial charge in [0.25, 0.3) is 0 Å². The highest BCUT2D eigenvalue weighted by Crippen LogP contribution is 2.39. The first kappa shape index (κ1) is 28.5. The van der Waals surface area contributed by atoms with E-state index in [1.807, 2.05) is 42.5 Å². The summed E-state index contributed by atoms with van der Waals surface area (Å²) in [6.45, 7) is 14.5. The predicted molar refractivity (Wildman–Crippen MR) is 151 cm³/mol. The van der Waals surface area contributed by atoms with E-state index in [9.17, 15) is 9.90 Å². The highest BCUT2D eigenvalue weighted by atomic mass is 35.5. The zero-order valence-electron chi connectivity index (χ0n) is 21.9. The van der Waals surface area contributed by atoms with Crippen LogP contribution in [0.15, 0.2) is 53.3 Å². The summed E-state index contributed by atoms with van der Waals surface area (Å²) in [7, 11) is -2.00. The van der Waals surface area contributed by atoms with Gasteiger partial charge in [0.05, 0.1) is 11.0 Å². The molecule has 36 heavy (non-hydrogen) atoms. The van der Waals surface area contributed by atoms with E-state index in [1.54, 1.807) is 0 Å². The quantitative estimate of drug-likeness (QED) is 0.238. The zero-order chi connectivity index (χ0) is 26.5. The van der Waals surface area contributed by atoms with Gasteiger partial charge in [0.2, 0.25) is 5.88 Å². The smallest absolute Gasteiger partial charge is 0.307 e. The van der Waals surface area contributed by atoms with Crippen molar-refractivity contribution in [3.05, 3.63) is 79.2 Å². The minimum atomic E-state index is -2.00. The molecule has 0 spiro atoms. The van der Waals surface area contributed by atoms with Gasteiger partial charge in [-0.25, -0.2) is 0 Å². The fourth-order valence-corrected chi connectivity index (χ4v) is 5.66. The number of rotatable bonds is 11. The Balaban J connectivity index is 1.56. The predicted octanol–water partition coefficient (Wildman–Crippen LogP) is 6.51. The Morgan fingerprint density at radius 1 is 1.17 bits per heavy atom. The fraction of sp³-hybridized carbons (Fsp3) is 0.444. The van der Waals surface area contributed by atoms with Crippen LogP contribution < -0.4 is 14.9 Å². The summed E-state index contributed by atoms with van der Waals surface area (Å²) in [5.74, 6) is 0.710. The van der Waals surface area contributed by atoms with Gasteiger partial charge in [0, 0.05) is 24.0 Å². The Bertz CT molecular complexity index is 1190. The Morgan fingerprint density at radius 3 is 2.44 bits per heavy atom. The lowest BCUT2D eigenvalue weighted by atomic mass is 10.1. The Labute approximate surface area is 223 Å². The summed E-state index contributed by atoms with van der Waals surface area (Å²) in [6, 6.07) is 15.7. The van der Waals surface area contributed by atoms with E-state index in [-0.39, 0.29) is 27.9 Å². The maximum absolute atomic E-state index is 11.4. The largest absolute Gasteiger partial charge is 0.494 e. The molecular formula is C27H37ClN2O4SSi. The van der Waals surface area contributed by atoms with Crippen molar-refractivity contribution in [1.29, 1.82) is 0 Å². The first-order valence-corrected chi connectivity index (χ1v) is 16.2. The van der Waals surface area contributed by atoms with Gasteiger partial charge >= 0.3 is 4.87 Å². The second-order valence-electron chi connectivity index (χ2n) is 10.6. The summed E-state index contributed by atoms with van der Waals surface area (Å²) in [4.78, 5) is 14.1. The highest BCUT2D eigenvalue weighted by molar-refractivity contribution is 7.09. The maximum Gasteiger partial charge on any atom is 0.307 e. The van der Waals surface area contributed by atoms with Gasteiger partial charge in [-0.05, 0) is 60.4 Å². The van der Waals surface area contributed by atoms with E-state index >= 15 is 0 Å². The SMILES string of the molecule is CC(COc1ccc(Cc2sc(=O)[nH]c2O)cc1)NCC(O[Si](C)(C)C(C)(C)C)c1cccc(Cl)c1. The molecule has 1 heterocycles. The van der Waals surface area contributed by atoms with Crippen LogP contribution >= 0.6 is 22.9 Å². The number of aromatic hydroxyl groups is 1. The van der Waals surface area contributed by atoms with Gasteiger partial charge in [-0.15, -0.1) is 0 Å². The molecule has 3 N–H and O–H groups in total. The molecule has 9 heteroatoms. The molecule has 2 aromatic carbocycles. The number of benzene rings is 2. The number of thiazole rings is 1. The lowest BCUT2D eigenvalue weighted by Gasteiger charge is -2.39. The number of ether oxygens (including phenoxy) is 1. The van der Waals surface area contributed by atoms with Crippen molar-refractivity contribution in [3.63, 3.8) is 0 Å². The van der Waals surface area contributed by atoms with Crippen molar-refractivity contribution in [2.75, 3.05) is 13.2 Å². The van der Waals surface area contributed by atoms with Crippen LogP contribution in [0.5, 0.6) is 11.6 Å². The summed E-state index contributed by atoms with van der Waals surface area (Å²) in [5, 5.41) is 14.2. The molecule has 6 nitrogen and oxygen atoms in total. The van der Waals surface area contributed by atoms with Crippen molar-refractivity contribution in [3.8, 4) is 11.6 Å². The van der Waals surface area contributed by atoms with Crippen molar-refractivity contribution in [2.24, 2.45) is 0 Å². The van der Waals surface area contributed by atoms with E-state index in [0.717, 1.165) is 28.2 Å². The van der Waals surface area contributed by atoms with Gasteiger partial charge < -0.3 is 19.6 Å². The molecule has 0 amide bonds. The minimum Gasteiger partial charge on any atom is -0.494 e. The van der Waals surface area contributed by atoms with Crippen molar-refractivity contribution >= 4 is 31.3 Å². The molecule has 2 atom stereocenters. The van der Waals surface area contributed by atoms with E-state index < -0.39 is 8.32 Å². The van der Waals surface area contributed by atoms with Gasteiger partial charge in [0.1, 0.15) is 12.4 Å². The third-order valence-corrected chi connectivity index (χ3v) is 12.2. The second kappa shape index (κ2) is 12.0. The highest BCUT2D eigenvalue weighted by Gasteiger charge is 2.39. The first-order chi connectivity index (χ1) is 16.8. The van der Waals surface area contributed by atoms with Crippen LogP contribution in [0.4, 0.5) is 0 Å². The fourth-order valence-electron chi connectivity index (χ4n) is 3.42. The van der Waals surface area contributed by atoms with Crippen LogP contribution in [0, 0.1) is 0 Å². The Morgan fingerprint density at radius 2 is 1.86 bits per heavy atom. The molecule has 0 bridgehead atoms. The van der Waals surface area contributed by atoms with E-state index in [2.05, 4.69) is 57.2 Å². The van der Waals surface area contributed by atoms with Crippen LogP contribution in [0.2, 0.25) is 23.2 Å². The molecule has 0 aliphatic heterocycles.